The number of benzene rings is 1. The summed E-state index contributed by atoms with van der Waals surface area (Å²) in [5.74, 6) is 1.25. The number of carbonyl (C=O) groups excluding carboxylic acids is 1. The van der Waals surface area contributed by atoms with E-state index in [1.807, 2.05) is 12.1 Å². The van der Waals surface area contributed by atoms with Gasteiger partial charge in [-0.25, -0.2) is 0 Å². The molecule has 0 fully saturated rings. The van der Waals surface area contributed by atoms with Gasteiger partial charge in [-0.15, -0.1) is 0 Å². The number of H-pyrrole nitrogens is 1. The lowest BCUT2D eigenvalue weighted by Gasteiger charge is -2.09. The van der Waals surface area contributed by atoms with Crippen molar-refractivity contribution in [2.45, 2.75) is 6.54 Å². The van der Waals surface area contributed by atoms with Crippen LogP contribution in [0.25, 0.3) is 17.3 Å². The zero-order valence-electron chi connectivity index (χ0n) is 15.4. The molecule has 0 aliphatic heterocycles. The summed E-state index contributed by atoms with van der Waals surface area (Å²) < 4.78 is 15.7. The Balaban J connectivity index is 1.85. The minimum absolute atomic E-state index is 0.0466. The van der Waals surface area contributed by atoms with E-state index in [0.29, 0.717) is 28.5 Å². The van der Waals surface area contributed by atoms with Crippen LogP contribution in [-0.4, -0.2) is 30.3 Å². The van der Waals surface area contributed by atoms with Gasteiger partial charge in [-0.2, -0.15) is 10.4 Å². The van der Waals surface area contributed by atoms with Crippen LogP contribution in [0.15, 0.2) is 52.8 Å². The summed E-state index contributed by atoms with van der Waals surface area (Å²) in [5, 5.41) is 19.0. The fourth-order valence-electron chi connectivity index (χ4n) is 2.61. The average Bonchev–Trinajstić information content (AvgIpc) is 3.41. The molecule has 0 atom stereocenters. The van der Waals surface area contributed by atoms with Crippen molar-refractivity contribution < 1.29 is 18.7 Å². The topological polar surface area (TPSA) is 113 Å². The normalized spacial score (nSPS) is 11.0. The maximum absolute atomic E-state index is 12.3. The molecule has 0 spiro atoms. The molecule has 0 unspecified atom stereocenters. The van der Waals surface area contributed by atoms with Gasteiger partial charge >= 0.3 is 0 Å². The zero-order chi connectivity index (χ0) is 19.9. The highest BCUT2D eigenvalue weighted by atomic mass is 16.5. The molecule has 2 aromatic heterocycles. The number of hydrogen-bond acceptors (Lipinski definition) is 6. The molecule has 0 saturated carbocycles. The second-order valence-electron chi connectivity index (χ2n) is 5.70. The molecule has 0 radical (unpaired) electrons. The van der Waals surface area contributed by atoms with Gasteiger partial charge in [-0.05, 0) is 36.4 Å². The predicted molar refractivity (Wildman–Crippen MR) is 101 cm³/mol. The number of aromatic nitrogens is 2. The van der Waals surface area contributed by atoms with Gasteiger partial charge in [0, 0.05) is 11.1 Å². The second kappa shape index (κ2) is 8.60. The number of nitrogens with one attached hydrogen (secondary N) is 2. The first-order chi connectivity index (χ1) is 13.7. The van der Waals surface area contributed by atoms with E-state index >= 15 is 0 Å². The first-order valence-electron chi connectivity index (χ1n) is 8.34. The van der Waals surface area contributed by atoms with Crippen LogP contribution in [0.5, 0.6) is 11.5 Å². The van der Waals surface area contributed by atoms with Gasteiger partial charge in [-0.3, -0.25) is 9.89 Å². The number of nitrogens with zero attached hydrogens (tertiary/aromatic N) is 2. The maximum Gasteiger partial charge on any atom is 0.262 e. The van der Waals surface area contributed by atoms with E-state index in [9.17, 15) is 10.1 Å². The summed E-state index contributed by atoms with van der Waals surface area (Å²) in [4.78, 5) is 12.3. The van der Waals surface area contributed by atoms with Gasteiger partial charge in [0.1, 0.15) is 17.4 Å². The highest BCUT2D eigenvalue weighted by Gasteiger charge is 2.14. The molecule has 3 aromatic rings. The van der Waals surface area contributed by atoms with Gasteiger partial charge in [0.15, 0.2) is 11.5 Å². The van der Waals surface area contributed by atoms with Gasteiger partial charge in [0.05, 0.1) is 38.9 Å². The van der Waals surface area contributed by atoms with E-state index in [1.165, 1.54) is 12.3 Å². The van der Waals surface area contributed by atoms with Crippen LogP contribution in [-0.2, 0) is 11.3 Å². The quantitative estimate of drug-likeness (QED) is 0.483. The van der Waals surface area contributed by atoms with Crippen LogP contribution in [0.1, 0.15) is 11.3 Å². The smallest absolute Gasteiger partial charge is 0.262 e. The third-order valence-corrected chi connectivity index (χ3v) is 4.01. The molecule has 0 aliphatic rings. The van der Waals surface area contributed by atoms with Crippen LogP contribution >= 0.6 is 0 Å². The Labute approximate surface area is 161 Å². The maximum atomic E-state index is 12.3. The van der Waals surface area contributed by atoms with Crippen LogP contribution in [0, 0.1) is 11.3 Å². The molecule has 0 bridgehead atoms. The number of amides is 1. The molecular weight excluding hydrogens is 360 g/mol. The first-order valence-corrected chi connectivity index (χ1v) is 8.34. The Morgan fingerprint density at radius 1 is 1.32 bits per heavy atom. The summed E-state index contributed by atoms with van der Waals surface area (Å²) >= 11 is 0. The third kappa shape index (κ3) is 4.04. The van der Waals surface area contributed by atoms with Gasteiger partial charge in [0.25, 0.3) is 5.91 Å². The number of methoxy groups -OCH3 is 2. The highest BCUT2D eigenvalue weighted by molar-refractivity contribution is 6.02. The number of nitriles is 1. The van der Waals surface area contributed by atoms with Crippen molar-refractivity contribution in [3.05, 3.63) is 59.7 Å². The van der Waals surface area contributed by atoms with Crippen LogP contribution < -0.4 is 14.8 Å². The molecule has 142 valence electrons. The molecule has 28 heavy (non-hydrogen) atoms. The zero-order valence-corrected chi connectivity index (χ0v) is 15.4. The number of rotatable bonds is 7. The van der Waals surface area contributed by atoms with Gasteiger partial charge in [0.2, 0.25) is 0 Å². The monoisotopic (exact) mass is 378 g/mol. The molecule has 0 aliphatic carbocycles. The molecule has 8 nitrogen and oxygen atoms in total. The Bertz CT molecular complexity index is 1030. The standard InChI is InChI=1S/C20H18N4O4/c1-26-17-6-5-13(9-18(17)27-2)19-15(11-23-24-19)8-14(10-21)20(25)22-12-16-4-3-7-28-16/h3-9,11H,12H2,1-2H3,(H,22,25)(H,23,24). The number of aromatic amines is 1. The Morgan fingerprint density at radius 3 is 2.82 bits per heavy atom. The van der Waals surface area contributed by atoms with E-state index in [1.54, 1.807) is 44.7 Å². The Hall–Kier alpha value is -3.99. The molecule has 0 saturated heterocycles. The number of carbonyl (C=O) groups is 1. The van der Waals surface area contributed by atoms with Crippen LogP contribution in [0.2, 0.25) is 0 Å². The van der Waals surface area contributed by atoms with Crippen molar-refractivity contribution in [2.75, 3.05) is 14.2 Å². The van der Waals surface area contributed by atoms with E-state index in [0.717, 1.165) is 5.56 Å². The van der Waals surface area contributed by atoms with E-state index in [2.05, 4.69) is 15.5 Å². The van der Waals surface area contributed by atoms with Crippen molar-refractivity contribution in [3.63, 3.8) is 0 Å². The van der Waals surface area contributed by atoms with Crippen LogP contribution in [0.4, 0.5) is 0 Å². The molecule has 2 N–H and O–H groups in total. The van der Waals surface area contributed by atoms with Crippen molar-refractivity contribution in [2.24, 2.45) is 0 Å². The minimum atomic E-state index is -0.502. The van der Waals surface area contributed by atoms with Crippen LogP contribution in [0.3, 0.4) is 0 Å². The summed E-state index contributed by atoms with van der Waals surface area (Å²) in [6, 6.07) is 10.8. The molecule has 3 rings (SSSR count). The number of hydrogen-bond donors (Lipinski definition) is 2. The summed E-state index contributed by atoms with van der Waals surface area (Å²) in [7, 11) is 3.11. The van der Waals surface area contributed by atoms with Crippen molar-refractivity contribution in [3.8, 4) is 28.8 Å². The summed E-state index contributed by atoms with van der Waals surface area (Å²) in [6.07, 6.45) is 4.54. The predicted octanol–water partition coefficient (Wildman–Crippen LogP) is 2.91. The van der Waals surface area contributed by atoms with E-state index in [-0.39, 0.29) is 12.1 Å². The van der Waals surface area contributed by atoms with Gasteiger partial charge < -0.3 is 19.2 Å². The second-order valence-corrected chi connectivity index (χ2v) is 5.70. The van der Waals surface area contributed by atoms with E-state index < -0.39 is 5.91 Å². The molecule has 8 heteroatoms. The number of ether oxygens (including phenoxy) is 2. The number of furan rings is 1. The largest absolute Gasteiger partial charge is 0.493 e. The molecule has 2 heterocycles. The first kappa shape index (κ1) is 18.8. The van der Waals surface area contributed by atoms with E-state index in [4.69, 9.17) is 13.9 Å². The van der Waals surface area contributed by atoms with Crippen molar-refractivity contribution in [1.29, 1.82) is 5.26 Å². The fraction of sp³-hybridized carbons (Fsp3) is 0.150. The van der Waals surface area contributed by atoms with Gasteiger partial charge in [-0.1, -0.05) is 0 Å². The highest BCUT2D eigenvalue weighted by Crippen LogP contribution is 2.33. The summed E-state index contributed by atoms with van der Waals surface area (Å²) in [5.41, 5.74) is 1.97. The lowest BCUT2D eigenvalue weighted by Crippen LogP contribution is -2.23. The molecule has 1 amide bonds. The van der Waals surface area contributed by atoms with Crippen molar-refractivity contribution in [1.82, 2.24) is 15.5 Å². The Kier molecular flexibility index (Phi) is 5.77. The minimum Gasteiger partial charge on any atom is -0.493 e. The lowest BCUT2D eigenvalue weighted by atomic mass is 10.1. The Morgan fingerprint density at radius 2 is 2.14 bits per heavy atom. The van der Waals surface area contributed by atoms with Crippen molar-refractivity contribution >= 4 is 12.0 Å². The summed E-state index contributed by atoms with van der Waals surface area (Å²) in [6.45, 7) is 0.193. The lowest BCUT2D eigenvalue weighted by molar-refractivity contribution is -0.117. The SMILES string of the molecule is COc1ccc(-c2[nH]ncc2C=C(C#N)C(=O)NCc2ccco2)cc1OC. The third-order valence-electron chi connectivity index (χ3n) is 4.01. The fourth-order valence-corrected chi connectivity index (χ4v) is 2.61. The molecular formula is C20H18N4O4. The average molecular weight is 378 g/mol. The molecule has 1 aromatic carbocycles.